The molecule has 8 nitrogen and oxygen atoms in total. The highest BCUT2D eigenvalue weighted by Gasteiger charge is 2.33. The van der Waals surface area contributed by atoms with E-state index < -0.39 is 18.0 Å². The fraction of sp³-hybridized carbons (Fsp3) is 0.259. The zero-order valence-corrected chi connectivity index (χ0v) is 23.1. The molecule has 0 spiro atoms. The van der Waals surface area contributed by atoms with E-state index in [0.717, 1.165) is 5.56 Å². The van der Waals surface area contributed by atoms with Crippen LogP contribution < -0.4 is 24.4 Å². The van der Waals surface area contributed by atoms with Crippen molar-refractivity contribution in [3.63, 3.8) is 0 Å². The third kappa shape index (κ3) is 5.45. The van der Waals surface area contributed by atoms with Crippen molar-refractivity contribution in [2.75, 3.05) is 13.2 Å². The average Bonchev–Trinajstić information content (AvgIpc) is 3.15. The van der Waals surface area contributed by atoms with Crippen LogP contribution in [0.15, 0.2) is 68.0 Å². The zero-order chi connectivity index (χ0) is 26.7. The summed E-state index contributed by atoms with van der Waals surface area (Å²) in [5, 5.41) is 0. The third-order valence-corrected chi connectivity index (χ3v) is 7.08. The van der Waals surface area contributed by atoms with Crippen LogP contribution in [0.3, 0.4) is 0 Å². The monoisotopic (exact) mass is 584 g/mol. The van der Waals surface area contributed by atoms with Crippen molar-refractivity contribution in [2.45, 2.75) is 33.7 Å². The molecule has 37 heavy (non-hydrogen) atoms. The van der Waals surface area contributed by atoms with Crippen molar-refractivity contribution in [2.24, 2.45) is 4.99 Å². The minimum absolute atomic E-state index is 0.210. The number of thiazole rings is 1. The van der Waals surface area contributed by atoms with Gasteiger partial charge in [-0.3, -0.25) is 14.2 Å². The molecule has 0 unspecified atom stereocenters. The Morgan fingerprint density at radius 3 is 2.54 bits per heavy atom. The number of rotatable bonds is 7. The molecule has 2 heterocycles. The van der Waals surface area contributed by atoms with Gasteiger partial charge in [-0.25, -0.2) is 9.79 Å². The number of esters is 2. The Hall–Kier alpha value is -3.50. The van der Waals surface area contributed by atoms with Crippen molar-refractivity contribution >= 4 is 45.3 Å². The molecule has 1 aliphatic rings. The lowest BCUT2D eigenvalue weighted by Gasteiger charge is -2.24. The van der Waals surface area contributed by atoms with Gasteiger partial charge in [0.2, 0.25) is 0 Å². The Morgan fingerprint density at radius 1 is 1.16 bits per heavy atom. The summed E-state index contributed by atoms with van der Waals surface area (Å²) in [5.74, 6) is -0.338. The highest BCUT2D eigenvalue weighted by molar-refractivity contribution is 9.10. The standard InChI is InChI=1S/C27H25BrN2O6S/c1-5-34-20-13-17(12-19(28)24(20)36-16(4)31)14-21-25(32)30-23(18-10-8-7-9-11-18)22(26(33)35-6-2)15(3)29-27(30)37-21/h7-14,23H,5-6H2,1-4H3/b21-14-/t23-/m1/s1. The Balaban J connectivity index is 1.90. The average molecular weight is 585 g/mol. The summed E-state index contributed by atoms with van der Waals surface area (Å²) in [6.45, 7) is 7.19. The van der Waals surface area contributed by atoms with Gasteiger partial charge in [0.05, 0.1) is 39.5 Å². The minimum atomic E-state index is -0.671. The lowest BCUT2D eigenvalue weighted by atomic mass is 9.96. The number of allylic oxidation sites excluding steroid dienone is 1. The maximum Gasteiger partial charge on any atom is 0.338 e. The normalized spacial score (nSPS) is 15.2. The summed E-state index contributed by atoms with van der Waals surface area (Å²) in [7, 11) is 0. The van der Waals surface area contributed by atoms with Crippen LogP contribution in [-0.4, -0.2) is 29.7 Å². The lowest BCUT2D eigenvalue weighted by Crippen LogP contribution is -2.39. The van der Waals surface area contributed by atoms with E-state index in [9.17, 15) is 14.4 Å². The molecule has 0 fully saturated rings. The fourth-order valence-corrected chi connectivity index (χ4v) is 5.66. The number of halogens is 1. The summed E-state index contributed by atoms with van der Waals surface area (Å²) < 4.78 is 18.8. The SMILES string of the molecule is CCOC(=O)C1=C(C)N=c2s/c(=C\c3cc(Br)c(OC(C)=O)c(OCC)c3)c(=O)n2[C@@H]1c1ccccc1. The van der Waals surface area contributed by atoms with E-state index in [1.165, 1.54) is 22.8 Å². The first-order chi connectivity index (χ1) is 17.7. The second-order valence-electron chi connectivity index (χ2n) is 8.07. The summed E-state index contributed by atoms with van der Waals surface area (Å²) in [6, 6.07) is 12.1. The predicted molar refractivity (Wildman–Crippen MR) is 143 cm³/mol. The number of benzene rings is 2. The molecule has 1 aliphatic heterocycles. The molecule has 0 saturated carbocycles. The molecule has 2 aromatic carbocycles. The Labute approximate surface area is 225 Å². The molecule has 4 rings (SSSR count). The fourth-order valence-electron chi connectivity index (χ4n) is 4.07. The Morgan fingerprint density at radius 2 is 1.89 bits per heavy atom. The Kier molecular flexibility index (Phi) is 8.09. The van der Waals surface area contributed by atoms with Crippen LogP contribution in [0.25, 0.3) is 6.08 Å². The highest BCUT2D eigenvalue weighted by Crippen LogP contribution is 2.37. The third-order valence-electron chi connectivity index (χ3n) is 5.51. The first-order valence-corrected chi connectivity index (χ1v) is 13.2. The first kappa shape index (κ1) is 26.6. The van der Waals surface area contributed by atoms with Crippen LogP contribution in [0.4, 0.5) is 0 Å². The lowest BCUT2D eigenvalue weighted by molar-refractivity contribution is -0.139. The summed E-state index contributed by atoms with van der Waals surface area (Å²) in [6.07, 6.45) is 1.72. The molecular formula is C27H25BrN2O6S. The number of aromatic nitrogens is 1. The molecule has 1 atom stereocenters. The Bertz CT molecular complexity index is 1570. The topological polar surface area (TPSA) is 96.2 Å². The van der Waals surface area contributed by atoms with Gasteiger partial charge in [-0.05, 0) is 66.0 Å². The van der Waals surface area contributed by atoms with Crippen LogP contribution in [0.1, 0.15) is 44.9 Å². The molecule has 1 aromatic heterocycles. The molecule has 192 valence electrons. The van der Waals surface area contributed by atoms with Gasteiger partial charge in [0.15, 0.2) is 16.3 Å². The molecule has 0 amide bonds. The van der Waals surface area contributed by atoms with E-state index in [2.05, 4.69) is 20.9 Å². The molecule has 10 heteroatoms. The van der Waals surface area contributed by atoms with Crippen LogP contribution in [-0.2, 0) is 14.3 Å². The zero-order valence-electron chi connectivity index (χ0n) is 20.7. The summed E-state index contributed by atoms with van der Waals surface area (Å²) >= 11 is 4.66. The van der Waals surface area contributed by atoms with Gasteiger partial charge in [-0.1, -0.05) is 41.7 Å². The molecule has 0 aliphatic carbocycles. The van der Waals surface area contributed by atoms with E-state index in [1.807, 2.05) is 37.3 Å². The molecule has 0 N–H and O–H groups in total. The highest BCUT2D eigenvalue weighted by atomic mass is 79.9. The number of carbonyl (C=O) groups is 2. The second-order valence-corrected chi connectivity index (χ2v) is 9.93. The van der Waals surface area contributed by atoms with Crippen molar-refractivity contribution in [1.29, 1.82) is 0 Å². The predicted octanol–water partition coefficient (Wildman–Crippen LogP) is 3.88. The number of carbonyl (C=O) groups excluding carboxylic acids is 2. The van der Waals surface area contributed by atoms with Crippen LogP contribution >= 0.6 is 27.3 Å². The van der Waals surface area contributed by atoms with Crippen molar-refractivity contribution in [1.82, 2.24) is 4.57 Å². The quantitative estimate of drug-likeness (QED) is 0.309. The van der Waals surface area contributed by atoms with Gasteiger partial charge >= 0.3 is 11.9 Å². The van der Waals surface area contributed by atoms with Gasteiger partial charge in [0.25, 0.3) is 5.56 Å². The maximum atomic E-state index is 13.7. The van der Waals surface area contributed by atoms with Crippen molar-refractivity contribution < 1.29 is 23.8 Å². The number of fused-ring (bicyclic) bond motifs is 1. The molecule has 0 bridgehead atoms. The number of hydrogen-bond donors (Lipinski definition) is 0. The summed E-state index contributed by atoms with van der Waals surface area (Å²) in [5.41, 5.74) is 1.99. The molecule has 3 aromatic rings. The van der Waals surface area contributed by atoms with E-state index in [4.69, 9.17) is 14.2 Å². The van der Waals surface area contributed by atoms with E-state index in [0.29, 0.717) is 43.0 Å². The smallest absolute Gasteiger partial charge is 0.338 e. The maximum absolute atomic E-state index is 13.7. The molecule has 0 radical (unpaired) electrons. The van der Waals surface area contributed by atoms with E-state index in [1.54, 1.807) is 32.1 Å². The van der Waals surface area contributed by atoms with Gasteiger partial charge < -0.3 is 14.2 Å². The van der Waals surface area contributed by atoms with Gasteiger partial charge in [0.1, 0.15) is 0 Å². The van der Waals surface area contributed by atoms with E-state index in [-0.39, 0.29) is 17.9 Å². The summed E-state index contributed by atoms with van der Waals surface area (Å²) in [4.78, 5) is 43.3. The number of hydrogen-bond acceptors (Lipinski definition) is 8. The molecular weight excluding hydrogens is 560 g/mol. The molecule has 0 saturated heterocycles. The van der Waals surface area contributed by atoms with Crippen LogP contribution in [0.2, 0.25) is 0 Å². The first-order valence-electron chi connectivity index (χ1n) is 11.6. The van der Waals surface area contributed by atoms with Crippen molar-refractivity contribution in [3.8, 4) is 11.5 Å². The minimum Gasteiger partial charge on any atom is -0.490 e. The van der Waals surface area contributed by atoms with Crippen LogP contribution in [0, 0.1) is 0 Å². The van der Waals surface area contributed by atoms with E-state index >= 15 is 0 Å². The number of ether oxygens (including phenoxy) is 3. The van der Waals surface area contributed by atoms with Gasteiger partial charge in [0, 0.05) is 6.92 Å². The second kappa shape index (κ2) is 11.3. The van der Waals surface area contributed by atoms with Crippen LogP contribution in [0.5, 0.6) is 11.5 Å². The largest absolute Gasteiger partial charge is 0.490 e. The number of nitrogens with zero attached hydrogens (tertiary/aromatic N) is 2. The van der Waals surface area contributed by atoms with Gasteiger partial charge in [-0.15, -0.1) is 0 Å². The van der Waals surface area contributed by atoms with Gasteiger partial charge in [-0.2, -0.15) is 0 Å². The van der Waals surface area contributed by atoms with Crippen molar-refractivity contribution in [3.05, 3.63) is 89.0 Å².